The van der Waals surface area contributed by atoms with E-state index in [0.717, 1.165) is 43.0 Å². The van der Waals surface area contributed by atoms with Crippen LogP contribution in [0.5, 0.6) is 0 Å². The quantitative estimate of drug-likeness (QED) is 0.838. The summed E-state index contributed by atoms with van der Waals surface area (Å²) in [7, 11) is -3.20. The Hall–Kier alpha value is -1.69. The average molecular weight is 277 g/mol. The largest absolute Gasteiger partial charge is 0.311 e. The van der Waals surface area contributed by atoms with Crippen LogP contribution in [0.25, 0.3) is 11.4 Å². The van der Waals surface area contributed by atoms with Crippen molar-refractivity contribution in [2.45, 2.75) is 30.7 Å². The van der Waals surface area contributed by atoms with Crippen molar-refractivity contribution in [2.75, 3.05) is 6.26 Å². The summed E-state index contributed by atoms with van der Waals surface area (Å²) in [5.41, 5.74) is 0.809. The van der Waals surface area contributed by atoms with E-state index in [2.05, 4.69) is 14.8 Å². The van der Waals surface area contributed by atoms with Gasteiger partial charge in [0, 0.05) is 24.8 Å². The lowest BCUT2D eigenvalue weighted by Crippen LogP contribution is -2.11. The molecule has 0 saturated heterocycles. The van der Waals surface area contributed by atoms with Crippen LogP contribution in [-0.2, 0) is 22.8 Å². The fourth-order valence-electron chi connectivity index (χ4n) is 2.39. The highest BCUT2D eigenvalue weighted by atomic mass is 32.2. The predicted octanol–water partition coefficient (Wildman–Crippen LogP) is 1.68. The summed E-state index contributed by atoms with van der Waals surface area (Å²) in [6, 6.07) is 6.89. The molecule has 1 aromatic carbocycles. The van der Waals surface area contributed by atoms with Crippen molar-refractivity contribution in [1.29, 1.82) is 0 Å². The zero-order valence-corrected chi connectivity index (χ0v) is 11.5. The molecule has 1 aromatic heterocycles. The molecule has 0 N–H and O–H groups in total. The molecular formula is C13H15N3O2S. The van der Waals surface area contributed by atoms with Crippen LogP contribution < -0.4 is 0 Å². The maximum absolute atomic E-state index is 11.6. The van der Waals surface area contributed by atoms with Crippen LogP contribution in [0, 0.1) is 0 Å². The van der Waals surface area contributed by atoms with Gasteiger partial charge in [0.25, 0.3) is 0 Å². The SMILES string of the molecule is CS(=O)(=O)c1cccc(-c2nnc3n2CCCC3)c1. The van der Waals surface area contributed by atoms with Crippen LogP contribution in [0.3, 0.4) is 0 Å². The minimum absolute atomic E-state index is 0.318. The summed E-state index contributed by atoms with van der Waals surface area (Å²) in [4.78, 5) is 0.318. The summed E-state index contributed by atoms with van der Waals surface area (Å²) >= 11 is 0. The first-order chi connectivity index (χ1) is 9.05. The number of hydrogen-bond acceptors (Lipinski definition) is 4. The fraction of sp³-hybridized carbons (Fsp3) is 0.385. The number of sulfone groups is 1. The van der Waals surface area contributed by atoms with E-state index in [1.54, 1.807) is 18.2 Å². The predicted molar refractivity (Wildman–Crippen MR) is 71.5 cm³/mol. The van der Waals surface area contributed by atoms with Gasteiger partial charge in [-0.05, 0) is 25.0 Å². The molecule has 3 rings (SSSR count). The summed E-state index contributed by atoms with van der Waals surface area (Å²) in [6.07, 6.45) is 4.41. The number of fused-ring (bicyclic) bond motifs is 1. The molecular weight excluding hydrogens is 262 g/mol. The zero-order chi connectivity index (χ0) is 13.5. The van der Waals surface area contributed by atoms with E-state index >= 15 is 0 Å². The second-order valence-corrected chi connectivity index (χ2v) is 6.86. The summed E-state index contributed by atoms with van der Waals surface area (Å²) < 4.78 is 25.3. The molecule has 2 aromatic rings. The van der Waals surface area contributed by atoms with E-state index in [1.807, 2.05) is 6.07 Å². The highest BCUT2D eigenvalue weighted by Crippen LogP contribution is 2.24. The maximum Gasteiger partial charge on any atom is 0.175 e. The van der Waals surface area contributed by atoms with Crippen molar-refractivity contribution in [3.63, 3.8) is 0 Å². The highest BCUT2D eigenvalue weighted by molar-refractivity contribution is 7.90. The van der Waals surface area contributed by atoms with Crippen molar-refractivity contribution in [3.8, 4) is 11.4 Å². The number of aryl methyl sites for hydroxylation is 1. The van der Waals surface area contributed by atoms with Gasteiger partial charge in [-0.2, -0.15) is 0 Å². The third kappa shape index (κ3) is 2.28. The van der Waals surface area contributed by atoms with Gasteiger partial charge >= 0.3 is 0 Å². The average Bonchev–Trinajstić information content (AvgIpc) is 2.82. The normalized spacial score (nSPS) is 15.2. The van der Waals surface area contributed by atoms with Gasteiger partial charge in [0.1, 0.15) is 5.82 Å². The lowest BCUT2D eigenvalue weighted by Gasteiger charge is -2.14. The zero-order valence-electron chi connectivity index (χ0n) is 10.7. The summed E-state index contributed by atoms with van der Waals surface area (Å²) in [5, 5.41) is 8.40. The molecule has 100 valence electrons. The Labute approximate surface area is 112 Å². The maximum atomic E-state index is 11.6. The molecule has 5 nitrogen and oxygen atoms in total. The molecule has 0 spiro atoms. The molecule has 6 heteroatoms. The van der Waals surface area contributed by atoms with E-state index in [9.17, 15) is 8.42 Å². The van der Waals surface area contributed by atoms with Gasteiger partial charge in [-0.25, -0.2) is 8.42 Å². The van der Waals surface area contributed by atoms with E-state index in [-0.39, 0.29) is 0 Å². The fourth-order valence-corrected chi connectivity index (χ4v) is 3.05. The van der Waals surface area contributed by atoms with Gasteiger partial charge in [-0.3, -0.25) is 0 Å². The van der Waals surface area contributed by atoms with Gasteiger partial charge in [-0.1, -0.05) is 12.1 Å². The van der Waals surface area contributed by atoms with Crippen molar-refractivity contribution in [3.05, 3.63) is 30.1 Å². The molecule has 0 bridgehead atoms. The Bertz CT molecular complexity index is 719. The molecule has 0 amide bonds. The van der Waals surface area contributed by atoms with Crippen LogP contribution in [-0.4, -0.2) is 29.4 Å². The molecule has 1 aliphatic rings. The smallest absolute Gasteiger partial charge is 0.175 e. The van der Waals surface area contributed by atoms with Gasteiger partial charge in [0.2, 0.25) is 0 Å². The summed E-state index contributed by atoms with van der Waals surface area (Å²) in [6.45, 7) is 0.904. The van der Waals surface area contributed by atoms with E-state index in [0.29, 0.717) is 4.90 Å². The second-order valence-electron chi connectivity index (χ2n) is 4.85. The van der Waals surface area contributed by atoms with E-state index < -0.39 is 9.84 Å². The summed E-state index contributed by atoms with van der Waals surface area (Å²) in [5.74, 6) is 1.76. The Morgan fingerprint density at radius 2 is 2.05 bits per heavy atom. The molecule has 0 aliphatic carbocycles. The Balaban J connectivity index is 2.10. The van der Waals surface area contributed by atoms with Gasteiger partial charge in [0.15, 0.2) is 15.7 Å². The number of hydrogen-bond donors (Lipinski definition) is 0. The van der Waals surface area contributed by atoms with E-state index in [4.69, 9.17) is 0 Å². The lowest BCUT2D eigenvalue weighted by atomic mass is 10.1. The number of rotatable bonds is 2. The molecule has 0 atom stereocenters. The van der Waals surface area contributed by atoms with Crippen molar-refractivity contribution in [1.82, 2.24) is 14.8 Å². The lowest BCUT2D eigenvalue weighted by molar-refractivity contribution is 0.526. The molecule has 19 heavy (non-hydrogen) atoms. The van der Waals surface area contributed by atoms with Gasteiger partial charge in [0.05, 0.1) is 4.90 Å². The van der Waals surface area contributed by atoms with E-state index in [1.165, 1.54) is 6.26 Å². The highest BCUT2D eigenvalue weighted by Gasteiger charge is 2.18. The number of nitrogens with zero attached hydrogens (tertiary/aromatic N) is 3. The second kappa shape index (κ2) is 4.45. The number of aromatic nitrogens is 3. The van der Waals surface area contributed by atoms with Gasteiger partial charge < -0.3 is 4.57 Å². The third-order valence-electron chi connectivity index (χ3n) is 3.38. The van der Waals surface area contributed by atoms with Crippen LogP contribution in [0.15, 0.2) is 29.2 Å². The van der Waals surface area contributed by atoms with Crippen LogP contribution >= 0.6 is 0 Å². The first-order valence-corrected chi connectivity index (χ1v) is 8.17. The first kappa shape index (κ1) is 12.3. The topological polar surface area (TPSA) is 64.8 Å². The monoisotopic (exact) mass is 277 g/mol. The van der Waals surface area contributed by atoms with Crippen LogP contribution in [0.1, 0.15) is 18.7 Å². The molecule has 1 aliphatic heterocycles. The Kier molecular flexibility index (Phi) is 2.89. The molecule has 0 fully saturated rings. The first-order valence-electron chi connectivity index (χ1n) is 6.28. The standard InChI is InChI=1S/C13H15N3O2S/c1-19(17,18)11-6-4-5-10(9-11)13-15-14-12-7-2-3-8-16(12)13/h4-6,9H,2-3,7-8H2,1H3. The Morgan fingerprint density at radius 3 is 2.84 bits per heavy atom. The number of benzene rings is 1. The van der Waals surface area contributed by atoms with Crippen LogP contribution in [0.4, 0.5) is 0 Å². The minimum Gasteiger partial charge on any atom is -0.311 e. The molecule has 0 unspecified atom stereocenters. The van der Waals surface area contributed by atoms with Crippen molar-refractivity contribution >= 4 is 9.84 Å². The third-order valence-corrected chi connectivity index (χ3v) is 4.49. The molecule has 2 heterocycles. The van der Waals surface area contributed by atoms with Crippen LogP contribution in [0.2, 0.25) is 0 Å². The molecule has 0 radical (unpaired) electrons. The molecule has 0 saturated carbocycles. The van der Waals surface area contributed by atoms with Crippen molar-refractivity contribution < 1.29 is 8.42 Å². The minimum atomic E-state index is -3.20. The van der Waals surface area contributed by atoms with Gasteiger partial charge in [-0.15, -0.1) is 10.2 Å². The van der Waals surface area contributed by atoms with Crippen molar-refractivity contribution in [2.24, 2.45) is 0 Å². The Morgan fingerprint density at radius 1 is 1.21 bits per heavy atom.